The predicted molar refractivity (Wildman–Crippen MR) is 114 cm³/mol. The second-order valence-electron chi connectivity index (χ2n) is 7.59. The summed E-state index contributed by atoms with van der Waals surface area (Å²) in [6.45, 7) is 3.70. The molecule has 0 bridgehead atoms. The Morgan fingerprint density at radius 1 is 1.18 bits per heavy atom. The number of carbonyl (C=O) groups excluding carboxylic acids is 1. The van der Waals surface area contributed by atoms with E-state index >= 15 is 0 Å². The van der Waals surface area contributed by atoms with Crippen LogP contribution < -0.4 is 10.2 Å². The van der Waals surface area contributed by atoms with Crippen molar-refractivity contribution >= 4 is 44.6 Å². The molecule has 3 aromatic heterocycles. The van der Waals surface area contributed by atoms with Crippen LogP contribution in [0.25, 0.3) is 10.2 Å². The Morgan fingerprint density at radius 3 is 2.79 bits per heavy atom. The van der Waals surface area contributed by atoms with Gasteiger partial charge in [0.05, 0.1) is 16.6 Å². The number of rotatable bonds is 3. The van der Waals surface area contributed by atoms with Crippen LogP contribution in [0.3, 0.4) is 0 Å². The minimum absolute atomic E-state index is 0.00906. The SMILES string of the molecule is Cc1ncsc1C(=O)NC1CCN(c2ncnc3sc4c(c23)CCCC4)CC1. The number of thiophene rings is 1. The van der Waals surface area contributed by atoms with Gasteiger partial charge < -0.3 is 10.2 Å². The van der Waals surface area contributed by atoms with Crippen LogP contribution >= 0.6 is 22.7 Å². The molecule has 0 atom stereocenters. The van der Waals surface area contributed by atoms with E-state index < -0.39 is 0 Å². The summed E-state index contributed by atoms with van der Waals surface area (Å²) in [6, 6.07) is 0.207. The Bertz CT molecular complexity index is 1020. The number of thiazole rings is 1. The van der Waals surface area contributed by atoms with Gasteiger partial charge in [0.1, 0.15) is 21.9 Å². The van der Waals surface area contributed by atoms with Crippen molar-refractivity contribution in [3.05, 3.63) is 32.8 Å². The molecule has 2 aliphatic rings. The van der Waals surface area contributed by atoms with Crippen LogP contribution in [-0.4, -0.2) is 40.0 Å². The van der Waals surface area contributed by atoms with Crippen molar-refractivity contribution in [3.63, 3.8) is 0 Å². The molecule has 0 spiro atoms. The molecule has 28 heavy (non-hydrogen) atoms. The molecular weight excluding hydrogens is 390 g/mol. The van der Waals surface area contributed by atoms with E-state index in [1.807, 2.05) is 18.3 Å². The van der Waals surface area contributed by atoms with Crippen molar-refractivity contribution in [2.24, 2.45) is 0 Å². The van der Waals surface area contributed by atoms with Gasteiger partial charge in [-0.15, -0.1) is 22.7 Å². The fourth-order valence-electron chi connectivity index (χ4n) is 4.32. The number of fused-ring (bicyclic) bond motifs is 3. The molecule has 0 radical (unpaired) electrons. The maximum atomic E-state index is 12.5. The molecule has 146 valence electrons. The number of amides is 1. The average molecular weight is 414 g/mol. The van der Waals surface area contributed by atoms with Crippen molar-refractivity contribution in [2.75, 3.05) is 18.0 Å². The summed E-state index contributed by atoms with van der Waals surface area (Å²) in [5, 5.41) is 4.47. The Morgan fingerprint density at radius 2 is 2.00 bits per heavy atom. The van der Waals surface area contributed by atoms with Gasteiger partial charge in [-0.05, 0) is 51.0 Å². The Balaban J connectivity index is 1.31. The second kappa shape index (κ2) is 7.40. The van der Waals surface area contributed by atoms with Crippen molar-refractivity contribution < 1.29 is 4.79 Å². The summed E-state index contributed by atoms with van der Waals surface area (Å²) in [7, 11) is 0. The quantitative estimate of drug-likeness (QED) is 0.708. The molecule has 4 heterocycles. The molecule has 1 fully saturated rings. The van der Waals surface area contributed by atoms with Gasteiger partial charge in [-0.25, -0.2) is 15.0 Å². The number of hydrogen-bond donors (Lipinski definition) is 1. The van der Waals surface area contributed by atoms with Crippen molar-refractivity contribution in [1.82, 2.24) is 20.3 Å². The lowest BCUT2D eigenvalue weighted by Gasteiger charge is -2.33. The fraction of sp³-hybridized carbons (Fsp3) is 0.500. The molecule has 8 heteroatoms. The minimum atomic E-state index is 0.00906. The van der Waals surface area contributed by atoms with Crippen LogP contribution in [0.2, 0.25) is 0 Å². The largest absolute Gasteiger partial charge is 0.356 e. The zero-order valence-corrected chi connectivity index (χ0v) is 17.5. The summed E-state index contributed by atoms with van der Waals surface area (Å²) in [4.78, 5) is 31.6. The Labute approximate surface area is 172 Å². The standard InChI is InChI=1S/C20H23N5OS2/c1-12-17(27-11-23-12)19(26)24-13-6-8-25(9-7-13)18-16-14-4-2-3-5-15(14)28-20(16)22-10-21-18/h10-11,13H,2-9H2,1H3,(H,24,26). The highest BCUT2D eigenvalue weighted by Gasteiger charge is 2.27. The fourth-order valence-corrected chi connectivity index (χ4v) is 6.25. The first-order valence-corrected chi connectivity index (χ1v) is 11.6. The molecule has 5 rings (SSSR count). The maximum Gasteiger partial charge on any atom is 0.263 e. The summed E-state index contributed by atoms with van der Waals surface area (Å²) in [5.74, 6) is 1.10. The molecule has 0 unspecified atom stereocenters. The van der Waals surface area contributed by atoms with Gasteiger partial charge in [-0.1, -0.05) is 0 Å². The Kier molecular flexibility index (Phi) is 4.76. The van der Waals surface area contributed by atoms with Crippen LogP contribution in [0, 0.1) is 6.92 Å². The van der Waals surface area contributed by atoms with Gasteiger partial charge in [0.25, 0.3) is 5.91 Å². The van der Waals surface area contributed by atoms with Gasteiger partial charge in [-0.2, -0.15) is 0 Å². The van der Waals surface area contributed by atoms with E-state index in [4.69, 9.17) is 0 Å². The van der Waals surface area contributed by atoms with Crippen LogP contribution in [0.15, 0.2) is 11.8 Å². The summed E-state index contributed by atoms with van der Waals surface area (Å²) >= 11 is 3.26. The number of piperidine rings is 1. The first kappa shape index (κ1) is 18.0. The third-order valence-corrected chi connectivity index (χ3v) is 7.94. The minimum Gasteiger partial charge on any atom is -0.356 e. The van der Waals surface area contributed by atoms with Gasteiger partial charge in [0.15, 0.2) is 0 Å². The lowest BCUT2D eigenvalue weighted by molar-refractivity contribution is 0.0934. The molecule has 1 saturated heterocycles. The second-order valence-corrected chi connectivity index (χ2v) is 9.53. The lowest BCUT2D eigenvalue weighted by Crippen LogP contribution is -2.45. The zero-order valence-electron chi connectivity index (χ0n) is 15.9. The molecule has 3 aromatic rings. The van der Waals surface area contributed by atoms with Crippen molar-refractivity contribution in [2.45, 2.75) is 51.5 Å². The third-order valence-electron chi connectivity index (χ3n) is 5.81. The van der Waals surface area contributed by atoms with Gasteiger partial charge >= 0.3 is 0 Å². The number of hydrogen-bond acceptors (Lipinski definition) is 7. The van der Waals surface area contributed by atoms with Crippen LogP contribution in [0.1, 0.15) is 51.5 Å². The van der Waals surface area contributed by atoms with Gasteiger partial charge in [0.2, 0.25) is 0 Å². The van der Waals surface area contributed by atoms with E-state index in [0.29, 0.717) is 0 Å². The number of nitrogens with one attached hydrogen (secondary N) is 1. The molecule has 0 saturated carbocycles. The van der Waals surface area contributed by atoms with E-state index in [2.05, 4.69) is 25.2 Å². The predicted octanol–water partition coefficient (Wildman–Crippen LogP) is 3.73. The summed E-state index contributed by atoms with van der Waals surface area (Å²) in [6.07, 6.45) is 8.45. The van der Waals surface area contributed by atoms with E-state index in [0.717, 1.165) is 53.6 Å². The highest BCUT2D eigenvalue weighted by molar-refractivity contribution is 7.19. The number of anilines is 1. The third kappa shape index (κ3) is 3.18. The number of aryl methyl sites for hydroxylation is 3. The molecule has 0 aromatic carbocycles. The van der Waals surface area contributed by atoms with Gasteiger partial charge in [-0.3, -0.25) is 4.79 Å². The van der Waals surface area contributed by atoms with Crippen LogP contribution in [0.4, 0.5) is 5.82 Å². The molecule has 1 aliphatic carbocycles. The van der Waals surface area contributed by atoms with Crippen molar-refractivity contribution in [3.8, 4) is 0 Å². The van der Waals surface area contributed by atoms with E-state index in [-0.39, 0.29) is 11.9 Å². The summed E-state index contributed by atoms with van der Waals surface area (Å²) < 4.78 is 0. The lowest BCUT2D eigenvalue weighted by atomic mass is 9.96. The topological polar surface area (TPSA) is 71.0 Å². The van der Waals surface area contributed by atoms with Crippen molar-refractivity contribution in [1.29, 1.82) is 0 Å². The molecule has 1 N–H and O–H groups in total. The number of aromatic nitrogens is 3. The summed E-state index contributed by atoms with van der Waals surface area (Å²) in [5.41, 5.74) is 4.03. The molecular formula is C20H23N5OS2. The van der Waals surface area contributed by atoms with Gasteiger partial charge in [0, 0.05) is 24.0 Å². The Hall–Kier alpha value is -2.06. The van der Waals surface area contributed by atoms with Crippen LogP contribution in [-0.2, 0) is 12.8 Å². The van der Waals surface area contributed by atoms with E-state index in [1.165, 1.54) is 46.4 Å². The maximum absolute atomic E-state index is 12.5. The smallest absolute Gasteiger partial charge is 0.263 e. The first-order chi connectivity index (χ1) is 13.7. The highest BCUT2D eigenvalue weighted by atomic mass is 32.1. The van der Waals surface area contributed by atoms with E-state index in [1.54, 1.807) is 11.8 Å². The van der Waals surface area contributed by atoms with E-state index in [9.17, 15) is 4.79 Å². The molecule has 1 amide bonds. The van der Waals surface area contributed by atoms with Crippen LogP contribution in [0.5, 0.6) is 0 Å². The number of nitrogens with zero attached hydrogens (tertiary/aromatic N) is 4. The zero-order chi connectivity index (χ0) is 19.1. The number of carbonyl (C=O) groups is 1. The monoisotopic (exact) mass is 413 g/mol. The molecule has 1 aliphatic heterocycles. The molecule has 6 nitrogen and oxygen atoms in total. The normalized spacial score (nSPS) is 17.7. The average Bonchev–Trinajstić information content (AvgIpc) is 3.31. The highest BCUT2D eigenvalue weighted by Crippen LogP contribution is 2.39. The first-order valence-electron chi connectivity index (χ1n) is 9.92.